The lowest BCUT2D eigenvalue weighted by molar-refractivity contribution is 0.0654. The number of amides is 1. The van der Waals surface area contributed by atoms with E-state index in [4.69, 9.17) is 10.2 Å². The second-order valence-electron chi connectivity index (χ2n) is 4.93. The van der Waals surface area contributed by atoms with Gasteiger partial charge in [-0.15, -0.1) is 11.3 Å². The molecule has 2 heterocycles. The van der Waals surface area contributed by atoms with Crippen molar-refractivity contribution in [2.45, 2.75) is 19.3 Å². The largest absolute Gasteiger partial charge is 0.396 e. The van der Waals surface area contributed by atoms with Gasteiger partial charge in [0.2, 0.25) is 0 Å². The molecule has 5 heteroatoms. The zero-order valence-corrected chi connectivity index (χ0v) is 12.2. The molecule has 1 aliphatic heterocycles. The lowest BCUT2D eigenvalue weighted by Gasteiger charge is -2.32. The highest BCUT2D eigenvalue weighted by Crippen LogP contribution is 2.22. The van der Waals surface area contributed by atoms with E-state index in [1.54, 1.807) is 6.07 Å². The fourth-order valence-electron chi connectivity index (χ4n) is 2.49. The standard InChI is InChI=1S/C15H19NO3S/c17-7-2-4-14-9-13(11-20-14)15(19)16-6-1-3-12(10-16)5-8-18/h9,11-12,17-18H,1,3,5-8,10H2. The van der Waals surface area contributed by atoms with Crippen LogP contribution in [0.5, 0.6) is 0 Å². The summed E-state index contributed by atoms with van der Waals surface area (Å²) in [4.78, 5) is 15.1. The predicted octanol–water partition coefficient (Wildman–Crippen LogP) is 1.33. The summed E-state index contributed by atoms with van der Waals surface area (Å²) in [6, 6.07) is 1.78. The van der Waals surface area contributed by atoms with Crippen molar-refractivity contribution >= 4 is 17.2 Å². The minimum Gasteiger partial charge on any atom is -0.396 e. The fourth-order valence-corrected chi connectivity index (χ4v) is 3.24. The van der Waals surface area contributed by atoms with Gasteiger partial charge in [-0.3, -0.25) is 4.79 Å². The molecule has 1 atom stereocenters. The molecule has 0 bridgehead atoms. The molecule has 1 amide bonds. The van der Waals surface area contributed by atoms with Crippen LogP contribution >= 0.6 is 11.3 Å². The number of rotatable bonds is 3. The number of thiophene rings is 1. The molecule has 4 nitrogen and oxygen atoms in total. The minimum atomic E-state index is -0.170. The molecule has 1 fully saturated rings. The quantitative estimate of drug-likeness (QED) is 0.827. The number of aliphatic hydroxyl groups excluding tert-OH is 2. The summed E-state index contributed by atoms with van der Waals surface area (Å²) in [5, 5.41) is 19.5. The van der Waals surface area contributed by atoms with Crippen LogP contribution in [0.15, 0.2) is 11.4 Å². The fraction of sp³-hybridized carbons (Fsp3) is 0.533. The molecular weight excluding hydrogens is 274 g/mol. The van der Waals surface area contributed by atoms with Crippen LogP contribution in [0.2, 0.25) is 0 Å². The Morgan fingerprint density at radius 2 is 2.35 bits per heavy atom. The minimum absolute atomic E-state index is 0.0425. The van der Waals surface area contributed by atoms with Crippen LogP contribution in [-0.2, 0) is 0 Å². The van der Waals surface area contributed by atoms with Gasteiger partial charge in [0.1, 0.15) is 6.61 Å². The lowest BCUT2D eigenvalue weighted by Crippen LogP contribution is -2.40. The van der Waals surface area contributed by atoms with Crippen LogP contribution in [-0.4, -0.2) is 47.3 Å². The number of hydrogen-bond acceptors (Lipinski definition) is 4. The number of aliphatic hydroxyl groups is 2. The Morgan fingerprint density at radius 1 is 1.50 bits per heavy atom. The molecule has 0 aromatic carbocycles. The smallest absolute Gasteiger partial charge is 0.254 e. The van der Waals surface area contributed by atoms with Crippen LogP contribution in [0, 0.1) is 17.8 Å². The van der Waals surface area contributed by atoms with Crippen LogP contribution in [0.4, 0.5) is 0 Å². The molecule has 1 aliphatic rings. The van der Waals surface area contributed by atoms with E-state index >= 15 is 0 Å². The van der Waals surface area contributed by atoms with Crippen molar-refractivity contribution in [3.8, 4) is 11.8 Å². The number of carbonyl (C=O) groups excluding carboxylic acids is 1. The third-order valence-electron chi connectivity index (χ3n) is 3.48. The van der Waals surface area contributed by atoms with Gasteiger partial charge in [0.25, 0.3) is 5.91 Å². The van der Waals surface area contributed by atoms with Crippen molar-refractivity contribution < 1.29 is 15.0 Å². The highest BCUT2D eigenvalue weighted by Gasteiger charge is 2.24. The summed E-state index contributed by atoms with van der Waals surface area (Å²) < 4.78 is 0. The van der Waals surface area contributed by atoms with Gasteiger partial charge in [0.05, 0.1) is 10.4 Å². The lowest BCUT2D eigenvalue weighted by atomic mass is 9.95. The first kappa shape index (κ1) is 15.0. The molecule has 20 heavy (non-hydrogen) atoms. The van der Waals surface area contributed by atoms with Gasteiger partial charge in [-0.2, -0.15) is 0 Å². The van der Waals surface area contributed by atoms with E-state index in [0.717, 1.165) is 37.2 Å². The number of piperidine rings is 1. The Labute approximate surface area is 123 Å². The molecule has 1 saturated heterocycles. The maximum absolute atomic E-state index is 12.4. The molecule has 0 saturated carbocycles. The van der Waals surface area contributed by atoms with Gasteiger partial charge < -0.3 is 15.1 Å². The van der Waals surface area contributed by atoms with Crippen LogP contribution in [0.3, 0.4) is 0 Å². The van der Waals surface area contributed by atoms with Crippen LogP contribution < -0.4 is 0 Å². The van der Waals surface area contributed by atoms with E-state index in [1.165, 1.54) is 11.3 Å². The molecule has 1 aromatic rings. The van der Waals surface area contributed by atoms with Gasteiger partial charge in [0.15, 0.2) is 0 Å². The zero-order chi connectivity index (χ0) is 14.4. The molecule has 108 valence electrons. The zero-order valence-electron chi connectivity index (χ0n) is 11.3. The maximum Gasteiger partial charge on any atom is 0.254 e. The first-order valence-electron chi connectivity index (χ1n) is 6.83. The average molecular weight is 293 g/mol. The van der Waals surface area contributed by atoms with Crippen molar-refractivity contribution in [2.24, 2.45) is 5.92 Å². The molecule has 0 spiro atoms. The second kappa shape index (κ2) is 7.44. The number of carbonyl (C=O) groups is 1. The predicted molar refractivity (Wildman–Crippen MR) is 78.6 cm³/mol. The van der Waals surface area contributed by atoms with E-state index in [-0.39, 0.29) is 19.1 Å². The highest BCUT2D eigenvalue weighted by atomic mass is 32.1. The number of hydrogen-bond donors (Lipinski definition) is 2. The van der Waals surface area contributed by atoms with Gasteiger partial charge in [-0.05, 0) is 31.2 Å². The van der Waals surface area contributed by atoms with Crippen molar-refractivity contribution in [1.82, 2.24) is 4.90 Å². The van der Waals surface area contributed by atoms with Crippen molar-refractivity contribution in [3.63, 3.8) is 0 Å². The van der Waals surface area contributed by atoms with Gasteiger partial charge in [-0.1, -0.05) is 11.8 Å². The van der Waals surface area contributed by atoms with E-state index in [9.17, 15) is 4.79 Å². The number of nitrogens with zero attached hydrogens (tertiary/aromatic N) is 1. The maximum atomic E-state index is 12.4. The molecular formula is C15H19NO3S. The van der Waals surface area contributed by atoms with Gasteiger partial charge in [0, 0.05) is 25.1 Å². The summed E-state index contributed by atoms with van der Waals surface area (Å²) in [6.07, 6.45) is 2.85. The average Bonchev–Trinajstić information content (AvgIpc) is 2.94. The normalized spacial score (nSPS) is 18.5. The summed E-state index contributed by atoms with van der Waals surface area (Å²) in [6.45, 7) is 1.53. The van der Waals surface area contributed by atoms with Crippen molar-refractivity contribution in [3.05, 3.63) is 21.9 Å². The summed E-state index contributed by atoms with van der Waals surface area (Å²) in [5.41, 5.74) is 0.668. The summed E-state index contributed by atoms with van der Waals surface area (Å²) in [5.74, 6) is 5.85. The van der Waals surface area contributed by atoms with Gasteiger partial charge in [-0.25, -0.2) is 0 Å². The molecule has 0 radical (unpaired) electrons. The summed E-state index contributed by atoms with van der Waals surface area (Å²) in [7, 11) is 0. The Balaban J connectivity index is 2.01. The van der Waals surface area contributed by atoms with E-state index in [1.807, 2.05) is 10.3 Å². The Hall–Kier alpha value is -1.35. The molecule has 1 unspecified atom stereocenters. The topological polar surface area (TPSA) is 60.8 Å². The van der Waals surface area contributed by atoms with E-state index in [0.29, 0.717) is 11.5 Å². The second-order valence-corrected chi connectivity index (χ2v) is 5.84. The third-order valence-corrected chi connectivity index (χ3v) is 4.33. The SMILES string of the molecule is O=C(c1csc(C#CCO)c1)N1CCCC(CCO)C1. The summed E-state index contributed by atoms with van der Waals surface area (Å²) >= 11 is 1.42. The van der Waals surface area contributed by atoms with E-state index in [2.05, 4.69) is 11.8 Å². The molecule has 2 rings (SSSR count). The van der Waals surface area contributed by atoms with Crippen LogP contribution in [0.25, 0.3) is 0 Å². The highest BCUT2D eigenvalue weighted by molar-refractivity contribution is 7.10. The Bertz CT molecular complexity index is 513. The third kappa shape index (κ3) is 3.83. The monoisotopic (exact) mass is 293 g/mol. The van der Waals surface area contributed by atoms with Crippen molar-refractivity contribution in [2.75, 3.05) is 26.3 Å². The first-order chi connectivity index (χ1) is 9.74. The number of likely N-dealkylation sites (tertiary alicyclic amines) is 1. The Kier molecular flexibility index (Phi) is 5.60. The first-order valence-corrected chi connectivity index (χ1v) is 7.71. The van der Waals surface area contributed by atoms with E-state index < -0.39 is 0 Å². The van der Waals surface area contributed by atoms with Crippen LogP contribution in [0.1, 0.15) is 34.5 Å². The molecule has 2 N–H and O–H groups in total. The van der Waals surface area contributed by atoms with Gasteiger partial charge >= 0.3 is 0 Å². The molecule has 0 aliphatic carbocycles. The molecule has 1 aromatic heterocycles. The Morgan fingerprint density at radius 3 is 3.10 bits per heavy atom. The van der Waals surface area contributed by atoms with Crippen molar-refractivity contribution in [1.29, 1.82) is 0 Å².